The molecule has 22 heavy (non-hydrogen) atoms. The quantitative estimate of drug-likeness (QED) is 0.247. The van der Waals surface area contributed by atoms with Gasteiger partial charge < -0.3 is 10.4 Å². The van der Waals surface area contributed by atoms with Crippen molar-refractivity contribution in [3.8, 4) is 0 Å². The Kier molecular flexibility index (Phi) is 14.3. The molecule has 3 nitrogen and oxygen atoms in total. The molecule has 0 aliphatic heterocycles. The van der Waals surface area contributed by atoms with Gasteiger partial charge in [-0.05, 0) is 19.8 Å². The molecule has 1 amide bonds. The van der Waals surface area contributed by atoms with Gasteiger partial charge in [-0.2, -0.15) is 0 Å². The van der Waals surface area contributed by atoms with E-state index >= 15 is 0 Å². The summed E-state index contributed by atoms with van der Waals surface area (Å²) in [6.45, 7) is 6.57. The smallest absolute Gasteiger partial charge is 0.250 e. The molecule has 0 bridgehead atoms. The zero-order valence-corrected chi connectivity index (χ0v) is 15.0. The van der Waals surface area contributed by atoms with E-state index in [-0.39, 0.29) is 11.7 Å². The maximum Gasteiger partial charge on any atom is 0.250 e. The van der Waals surface area contributed by atoms with Crippen molar-refractivity contribution in [3.05, 3.63) is 11.3 Å². The van der Waals surface area contributed by atoms with Crippen molar-refractivity contribution in [2.24, 2.45) is 0 Å². The lowest BCUT2D eigenvalue weighted by atomic mass is 10.1. The highest BCUT2D eigenvalue weighted by Gasteiger charge is 2.10. The van der Waals surface area contributed by atoms with E-state index in [0.717, 1.165) is 19.4 Å². The van der Waals surface area contributed by atoms with Crippen LogP contribution in [0.1, 0.15) is 97.8 Å². The maximum atomic E-state index is 11.9. The Morgan fingerprint density at radius 1 is 0.818 bits per heavy atom. The molecule has 2 N–H and O–H groups in total. The zero-order chi connectivity index (χ0) is 16.6. The molecule has 3 heteroatoms. The second kappa shape index (κ2) is 14.9. The summed E-state index contributed by atoms with van der Waals surface area (Å²) in [6.07, 6.45) is 14.5. The van der Waals surface area contributed by atoms with Crippen LogP contribution in [0.5, 0.6) is 0 Å². The summed E-state index contributed by atoms with van der Waals surface area (Å²) in [5, 5.41) is 12.4. The fourth-order valence-corrected chi connectivity index (χ4v) is 2.63. The summed E-state index contributed by atoms with van der Waals surface area (Å²) in [4.78, 5) is 11.9. The number of amides is 1. The van der Waals surface area contributed by atoms with Gasteiger partial charge in [-0.1, -0.05) is 78.1 Å². The lowest BCUT2D eigenvalue weighted by molar-refractivity contribution is -0.117. The zero-order valence-electron chi connectivity index (χ0n) is 15.0. The molecule has 0 rings (SSSR count). The third-order valence-electron chi connectivity index (χ3n) is 4.03. The third kappa shape index (κ3) is 11.6. The van der Waals surface area contributed by atoms with Gasteiger partial charge in [0.1, 0.15) is 0 Å². The maximum absolute atomic E-state index is 11.9. The minimum atomic E-state index is -0.0993. The van der Waals surface area contributed by atoms with Crippen molar-refractivity contribution in [3.63, 3.8) is 0 Å². The fraction of sp³-hybridized carbons (Fsp3) is 0.842. The Hall–Kier alpha value is -0.990. The Labute approximate surface area is 137 Å². The van der Waals surface area contributed by atoms with Crippen molar-refractivity contribution >= 4 is 5.91 Å². The van der Waals surface area contributed by atoms with Gasteiger partial charge in [0, 0.05) is 6.54 Å². The highest BCUT2D eigenvalue weighted by atomic mass is 16.3. The lowest BCUT2D eigenvalue weighted by Crippen LogP contribution is -2.26. The summed E-state index contributed by atoms with van der Waals surface area (Å²) >= 11 is 0. The van der Waals surface area contributed by atoms with E-state index in [1.807, 2.05) is 6.92 Å². The van der Waals surface area contributed by atoms with Crippen molar-refractivity contribution < 1.29 is 9.90 Å². The molecule has 0 fully saturated rings. The van der Waals surface area contributed by atoms with Crippen LogP contribution in [0.2, 0.25) is 0 Å². The van der Waals surface area contributed by atoms with E-state index in [1.54, 1.807) is 6.92 Å². The van der Waals surface area contributed by atoms with Crippen LogP contribution < -0.4 is 5.32 Å². The SMILES string of the molecule is CCCCCCCCCCCCNC(=O)/C(CCC)=C(\C)O. The second-order valence-corrected chi connectivity index (χ2v) is 6.25. The van der Waals surface area contributed by atoms with Gasteiger partial charge in [-0.3, -0.25) is 4.79 Å². The summed E-state index contributed by atoms with van der Waals surface area (Å²) in [7, 11) is 0. The van der Waals surface area contributed by atoms with Crippen LogP contribution in [0, 0.1) is 0 Å². The van der Waals surface area contributed by atoms with E-state index < -0.39 is 0 Å². The first-order valence-electron chi connectivity index (χ1n) is 9.30. The van der Waals surface area contributed by atoms with Gasteiger partial charge in [-0.15, -0.1) is 0 Å². The Morgan fingerprint density at radius 2 is 1.32 bits per heavy atom. The Morgan fingerprint density at radius 3 is 1.77 bits per heavy atom. The van der Waals surface area contributed by atoms with Gasteiger partial charge in [0.15, 0.2) is 0 Å². The van der Waals surface area contributed by atoms with Gasteiger partial charge >= 0.3 is 0 Å². The molecule has 0 aliphatic carbocycles. The highest BCUT2D eigenvalue weighted by molar-refractivity contribution is 5.93. The molecule has 0 aromatic carbocycles. The van der Waals surface area contributed by atoms with Gasteiger partial charge in [0.25, 0.3) is 5.91 Å². The van der Waals surface area contributed by atoms with E-state index in [2.05, 4.69) is 12.2 Å². The topological polar surface area (TPSA) is 49.3 Å². The van der Waals surface area contributed by atoms with E-state index in [9.17, 15) is 9.90 Å². The number of aliphatic hydroxyl groups is 1. The van der Waals surface area contributed by atoms with Crippen LogP contribution in [0.4, 0.5) is 0 Å². The molecular formula is C19H37NO2. The number of nitrogens with one attached hydrogen (secondary N) is 1. The van der Waals surface area contributed by atoms with E-state index in [4.69, 9.17) is 0 Å². The average Bonchev–Trinajstić information content (AvgIpc) is 2.49. The molecule has 0 atom stereocenters. The predicted molar refractivity (Wildman–Crippen MR) is 95.1 cm³/mol. The van der Waals surface area contributed by atoms with Crippen molar-refractivity contribution in [2.45, 2.75) is 97.8 Å². The van der Waals surface area contributed by atoms with Crippen LogP contribution in [0.25, 0.3) is 0 Å². The number of carbonyl (C=O) groups is 1. The van der Waals surface area contributed by atoms with E-state index in [0.29, 0.717) is 12.0 Å². The number of hydrogen-bond donors (Lipinski definition) is 2. The summed E-state index contributed by atoms with van der Waals surface area (Å²) in [5.41, 5.74) is 0.537. The fourth-order valence-electron chi connectivity index (χ4n) is 2.63. The minimum absolute atomic E-state index is 0.0993. The van der Waals surface area contributed by atoms with Crippen molar-refractivity contribution in [2.75, 3.05) is 6.54 Å². The van der Waals surface area contributed by atoms with Gasteiger partial charge in [0.2, 0.25) is 0 Å². The average molecular weight is 312 g/mol. The normalized spacial score (nSPS) is 12.1. The summed E-state index contributed by atoms with van der Waals surface area (Å²) in [6, 6.07) is 0. The molecule has 0 aromatic rings. The van der Waals surface area contributed by atoms with Crippen molar-refractivity contribution in [1.82, 2.24) is 5.32 Å². The molecule has 0 aliphatic rings. The van der Waals surface area contributed by atoms with E-state index in [1.165, 1.54) is 57.8 Å². The first kappa shape index (κ1) is 21.0. The van der Waals surface area contributed by atoms with Crippen LogP contribution >= 0.6 is 0 Å². The largest absolute Gasteiger partial charge is 0.512 e. The predicted octanol–water partition coefficient (Wildman–Crippen LogP) is 5.66. The molecule has 0 heterocycles. The van der Waals surface area contributed by atoms with Crippen LogP contribution in [0.3, 0.4) is 0 Å². The number of carbonyl (C=O) groups excluding carboxylic acids is 1. The molecule has 130 valence electrons. The monoisotopic (exact) mass is 311 g/mol. The second-order valence-electron chi connectivity index (χ2n) is 6.25. The molecule has 0 aromatic heterocycles. The number of rotatable bonds is 14. The summed E-state index contributed by atoms with van der Waals surface area (Å²) in [5.74, 6) is 0.0557. The molecule has 0 radical (unpaired) electrons. The van der Waals surface area contributed by atoms with Crippen LogP contribution in [-0.2, 0) is 4.79 Å². The minimum Gasteiger partial charge on any atom is -0.512 e. The first-order valence-corrected chi connectivity index (χ1v) is 9.30. The molecule has 0 unspecified atom stereocenters. The van der Waals surface area contributed by atoms with Crippen LogP contribution in [0.15, 0.2) is 11.3 Å². The Balaban J connectivity index is 3.49. The molecule has 0 saturated carbocycles. The molecular weight excluding hydrogens is 274 g/mol. The first-order chi connectivity index (χ1) is 10.6. The van der Waals surface area contributed by atoms with Gasteiger partial charge in [-0.25, -0.2) is 0 Å². The molecule has 0 saturated heterocycles. The number of aliphatic hydroxyl groups excluding tert-OH is 1. The van der Waals surface area contributed by atoms with Crippen molar-refractivity contribution in [1.29, 1.82) is 0 Å². The standard InChI is InChI=1S/C19H37NO2/c1-4-6-7-8-9-10-11-12-13-14-16-20-19(22)18(15-5-2)17(3)21/h21H,4-16H2,1-3H3,(H,20,22)/b18-17+. The third-order valence-corrected chi connectivity index (χ3v) is 4.03. The number of hydrogen-bond acceptors (Lipinski definition) is 2. The van der Waals surface area contributed by atoms with Crippen LogP contribution in [-0.4, -0.2) is 17.6 Å². The Bertz CT molecular complexity index is 307. The lowest BCUT2D eigenvalue weighted by Gasteiger charge is -2.09. The highest BCUT2D eigenvalue weighted by Crippen LogP contribution is 2.11. The van der Waals surface area contributed by atoms with Gasteiger partial charge in [0.05, 0.1) is 11.3 Å². The number of unbranched alkanes of at least 4 members (excludes halogenated alkanes) is 9. The molecule has 0 spiro atoms. The summed E-state index contributed by atoms with van der Waals surface area (Å²) < 4.78 is 0. The number of allylic oxidation sites excluding steroid dienone is 1.